The largest absolute Gasteiger partial charge is 0.543 e. The van der Waals surface area contributed by atoms with Gasteiger partial charge >= 0.3 is 0 Å². The maximum absolute atomic E-state index is 9.58. The first kappa shape index (κ1) is 54.9. The Morgan fingerprint density at radius 3 is 0.905 bits per heavy atom. The van der Waals surface area contributed by atoms with Crippen LogP contribution >= 0.6 is 0 Å². The van der Waals surface area contributed by atoms with Crippen LogP contribution in [0.1, 0.15) is 141 Å². The van der Waals surface area contributed by atoms with Gasteiger partial charge in [-0.1, -0.05) is 191 Å². The van der Waals surface area contributed by atoms with Crippen molar-refractivity contribution in [2.24, 2.45) is 0 Å². The van der Waals surface area contributed by atoms with E-state index in [9.17, 15) is 5.11 Å². The van der Waals surface area contributed by atoms with Crippen molar-refractivity contribution in [1.29, 1.82) is 0 Å². The lowest BCUT2D eigenvalue weighted by atomic mass is 9.84. The van der Waals surface area contributed by atoms with E-state index in [1.807, 2.05) is 12.1 Å². The van der Waals surface area contributed by atoms with Gasteiger partial charge in [-0.05, 0) is 185 Å². The third-order valence-corrected chi connectivity index (χ3v) is 21.5. The zero-order valence-corrected chi connectivity index (χ0v) is 46.9. The fraction of sp³-hybridized carbons (Fsp3) is 0.304. The van der Waals surface area contributed by atoms with E-state index in [-0.39, 0.29) is 0 Å². The Balaban J connectivity index is 0.000000224. The summed E-state index contributed by atoms with van der Waals surface area (Å²) >= 11 is 0. The summed E-state index contributed by atoms with van der Waals surface area (Å²) < 4.78 is 6.92. The van der Waals surface area contributed by atoms with E-state index in [1.165, 1.54) is 39.3 Å². The predicted molar refractivity (Wildman–Crippen MR) is 321 cm³/mol. The highest BCUT2D eigenvalue weighted by molar-refractivity contribution is 6.78. The Morgan fingerprint density at radius 1 is 0.351 bits per heavy atom. The van der Waals surface area contributed by atoms with Gasteiger partial charge in [0, 0.05) is 34.1 Å². The molecule has 0 aromatic heterocycles. The van der Waals surface area contributed by atoms with Crippen LogP contribution in [0.15, 0.2) is 218 Å². The van der Waals surface area contributed by atoms with Crippen molar-refractivity contribution in [2.75, 3.05) is 9.80 Å². The molecule has 0 bridgehead atoms. The number of hydrogen-bond donors (Lipinski definition) is 1. The molecular weight excluding hydrogens is 917 g/mol. The molecule has 4 atom stereocenters. The lowest BCUT2D eigenvalue weighted by Crippen LogP contribution is -2.50. The van der Waals surface area contributed by atoms with Crippen LogP contribution < -0.4 is 14.2 Å². The third kappa shape index (κ3) is 13.7. The number of phenols is 1. The maximum Gasteiger partial charge on any atom is 0.258 e. The van der Waals surface area contributed by atoms with Crippen molar-refractivity contribution in [3.8, 4) is 11.5 Å². The zero-order chi connectivity index (χ0) is 52.6. The van der Waals surface area contributed by atoms with Crippen LogP contribution in [0.2, 0.25) is 16.6 Å². The molecule has 0 fully saturated rings. The summed E-state index contributed by atoms with van der Waals surface area (Å²) in [5.74, 6) is 3.27. The molecule has 0 spiro atoms. The first-order chi connectivity index (χ1) is 35.8. The number of para-hydroxylation sites is 4. The fourth-order valence-corrected chi connectivity index (χ4v) is 16.7. The number of hydrogen-bond acceptors (Lipinski definition) is 4. The molecule has 0 aliphatic heterocycles. The van der Waals surface area contributed by atoms with Gasteiger partial charge in [0.05, 0.1) is 0 Å². The lowest BCUT2D eigenvalue weighted by molar-refractivity contribution is 0.474. The van der Waals surface area contributed by atoms with Crippen molar-refractivity contribution in [3.05, 3.63) is 241 Å². The molecule has 0 saturated carbocycles. The quantitative estimate of drug-likeness (QED) is 0.0728. The van der Waals surface area contributed by atoms with Gasteiger partial charge in [-0.25, -0.2) is 0 Å². The van der Waals surface area contributed by atoms with Gasteiger partial charge in [-0.3, -0.25) is 0 Å². The molecule has 4 unspecified atom stereocenters. The normalized spacial score (nSPS) is 13.1. The zero-order valence-electron chi connectivity index (χ0n) is 45.9. The second kappa shape index (κ2) is 26.4. The number of rotatable bonds is 21. The molecule has 0 aliphatic carbocycles. The van der Waals surface area contributed by atoms with E-state index < -0.39 is 8.32 Å². The Hall–Kier alpha value is -6.82. The van der Waals surface area contributed by atoms with Crippen LogP contribution in [0.3, 0.4) is 0 Å². The van der Waals surface area contributed by atoms with Gasteiger partial charge in [0.25, 0.3) is 8.32 Å². The number of benzene rings is 8. The summed E-state index contributed by atoms with van der Waals surface area (Å²) in [5.41, 5.74) is 14.1. The van der Waals surface area contributed by atoms with Gasteiger partial charge in [0.15, 0.2) is 0 Å². The van der Waals surface area contributed by atoms with Crippen LogP contribution in [0, 0.1) is 0 Å². The number of aromatic hydroxyl groups is 1. The van der Waals surface area contributed by atoms with Crippen molar-refractivity contribution >= 4 is 42.4 Å². The standard InChI is InChI=1S/C39H51NOSi.C30H31NO/c1-9-33(28-32(8)34-22-26-39(27-23-34)41-42(29(2)3,30(4)5)31(6)7)35-20-24-38(25-21-35)40(36-16-12-10-13-17-36)37-18-14-11-15-19-37;1-3-24(22-23(2)25-16-20-30(32)21-17-25)26-14-18-29(19-15-26)31(27-10-6-4-7-11-27)28-12-8-5-9-13-28/h10-27,29-33H,9,28H2,1-8H3;4-21,23-24,32H,3,22H2,1-2H3. The number of nitrogens with zero attached hydrogens (tertiary/aromatic N) is 2. The highest BCUT2D eigenvalue weighted by atomic mass is 28.4. The van der Waals surface area contributed by atoms with E-state index in [1.54, 1.807) is 12.1 Å². The van der Waals surface area contributed by atoms with Crippen LogP contribution in [0.4, 0.5) is 34.1 Å². The van der Waals surface area contributed by atoms with E-state index in [4.69, 9.17) is 4.43 Å². The second-order valence-corrected chi connectivity index (χ2v) is 26.6. The van der Waals surface area contributed by atoms with E-state index >= 15 is 0 Å². The Kier molecular flexibility index (Phi) is 19.6. The topological polar surface area (TPSA) is 35.9 Å². The molecule has 74 heavy (non-hydrogen) atoms. The molecular formula is C69H82N2O2Si. The highest BCUT2D eigenvalue weighted by Gasteiger charge is 2.47. The molecule has 5 heteroatoms. The van der Waals surface area contributed by atoms with Crippen LogP contribution in [0.5, 0.6) is 11.5 Å². The average molecular weight is 1000 g/mol. The summed E-state index contributed by atoms with van der Waals surface area (Å²) in [5, 5.41) is 9.58. The smallest absolute Gasteiger partial charge is 0.258 e. The van der Waals surface area contributed by atoms with E-state index in [0.717, 1.165) is 48.5 Å². The average Bonchev–Trinajstić information content (AvgIpc) is 3.43. The Bertz CT molecular complexity index is 2730. The highest BCUT2D eigenvalue weighted by Crippen LogP contribution is 2.44. The summed E-state index contributed by atoms with van der Waals surface area (Å²) in [6.45, 7) is 23.3. The molecule has 8 rings (SSSR count). The summed E-state index contributed by atoms with van der Waals surface area (Å²) in [7, 11) is -1.95. The molecule has 1 N–H and O–H groups in total. The van der Waals surface area contributed by atoms with Crippen LogP contribution in [0.25, 0.3) is 0 Å². The van der Waals surface area contributed by atoms with Gasteiger partial charge in [-0.15, -0.1) is 0 Å². The summed E-state index contributed by atoms with van der Waals surface area (Å²) in [4.78, 5) is 4.62. The summed E-state index contributed by atoms with van der Waals surface area (Å²) in [6.07, 6.45) is 4.43. The van der Waals surface area contributed by atoms with Crippen molar-refractivity contribution in [1.82, 2.24) is 0 Å². The first-order valence-corrected chi connectivity index (χ1v) is 29.5. The predicted octanol–water partition coefficient (Wildman–Crippen LogP) is 20.9. The van der Waals surface area contributed by atoms with Crippen LogP contribution in [-0.2, 0) is 0 Å². The molecule has 0 aliphatic rings. The molecule has 384 valence electrons. The minimum Gasteiger partial charge on any atom is -0.543 e. The van der Waals surface area contributed by atoms with Gasteiger partial charge in [0.2, 0.25) is 0 Å². The van der Waals surface area contributed by atoms with Crippen molar-refractivity contribution in [2.45, 2.75) is 135 Å². The Morgan fingerprint density at radius 2 is 0.622 bits per heavy atom. The van der Waals surface area contributed by atoms with E-state index in [0.29, 0.717) is 46.0 Å². The van der Waals surface area contributed by atoms with Gasteiger partial charge in [-0.2, -0.15) is 0 Å². The molecule has 0 radical (unpaired) electrons. The van der Waals surface area contributed by atoms with Crippen molar-refractivity contribution in [3.63, 3.8) is 0 Å². The van der Waals surface area contributed by atoms with Crippen molar-refractivity contribution < 1.29 is 9.53 Å². The Labute approximate surface area is 446 Å². The lowest BCUT2D eigenvalue weighted by Gasteiger charge is -2.42. The molecule has 0 heterocycles. The van der Waals surface area contributed by atoms with Gasteiger partial charge < -0.3 is 19.3 Å². The van der Waals surface area contributed by atoms with Gasteiger partial charge in [0.1, 0.15) is 11.5 Å². The molecule has 0 saturated heterocycles. The first-order valence-electron chi connectivity index (χ1n) is 27.4. The second-order valence-electron chi connectivity index (χ2n) is 21.3. The minimum absolute atomic E-state index is 0.324. The summed E-state index contributed by atoms with van der Waals surface area (Å²) in [6, 6.07) is 77.2. The number of phenolic OH excluding ortho intramolecular Hbond substituents is 1. The van der Waals surface area contributed by atoms with Crippen LogP contribution in [-0.4, -0.2) is 13.4 Å². The minimum atomic E-state index is -1.95. The maximum atomic E-state index is 9.58. The fourth-order valence-electron chi connectivity index (χ4n) is 11.4. The molecule has 8 aromatic carbocycles. The third-order valence-electron chi connectivity index (χ3n) is 15.5. The SMILES string of the molecule is CCC(CC(C)c1ccc(O)cc1)c1ccc(N(c2ccccc2)c2ccccc2)cc1.CCC(CC(C)c1ccc(O[Si](C(C)C)(C(C)C)C(C)C)cc1)c1ccc(N(c2ccccc2)c2ccccc2)cc1. The molecule has 4 nitrogen and oxygen atoms in total. The van der Waals surface area contributed by atoms with E-state index in [2.05, 4.69) is 273 Å². The molecule has 0 amide bonds. The number of anilines is 6. The monoisotopic (exact) mass is 999 g/mol. The molecule has 8 aromatic rings.